The molecule has 1 rings (SSSR count). The molecule has 0 aromatic heterocycles. The maximum atomic E-state index is 10.6. The van der Waals surface area contributed by atoms with Gasteiger partial charge in [0, 0.05) is 17.5 Å². The Bertz CT molecular complexity index is 474. The highest BCUT2D eigenvalue weighted by Gasteiger charge is 2.15. The Morgan fingerprint density at radius 3 is 2.68 bits per heavy atom. The van der Waals surface area contributed by atoms with Crippen molar-refractivity contribution in [1.29, 1.82) is 0 Å². The van der Waals surface area contributed by atoms with Crippen molar-refractivity contribution >= 4 is 27.6 Å². The van der Waals surface area contributed by atoms with Crippen molar-refractivity contribution in [2.45, 2.75) is 11.7 Å². The van der Waals surface area contributed by atoms with Gasteiger partial charge in [-0.15, -0.1) is 0 Å². The first-order valence-corrected chi connectivity index (χ1v) is 9.21. The lowest BCUT2D eigenvalue weighted by molar-refractivity contribution is -0.139. The van der Waals surface area contributed by atoms with Crippen LogP contribution in [0.15, 0.2) is 18.2 Å². The number of rotatable bonds is 11. The molecule has 1 aromatic rings. The van der Waals surface area contributed by atoms with Crippen molar-refractivity contribution in [2.24, 2.45) is 11.5 Å². The summed E-state index contributed by atoms with van der Waals surface area (Å²) in [7, 11) is 4.98. The van der Waals surface area contributed by atoms with Gasteiger partial charge in [0.05, 0.1) is 7.11 Å². The van der Waals surface area contributed by atoms with E-state index in [4.69, 9.17) is 26.0 Å². The number of hydrogen-bond donors (Lipinski definition) is 3. The van der Waals surface area contributed by atoms with E-state index in [1.54, 1.807) is 27.7 Å². The van der Waals surface area contributed by atoms with Gasteiger partial charge in [-0.2, -0.15) is 0 Å². The molecule has 8 heteroatoms. The first kappa shape index (κ1) is 19.0. The van der Waals surface area contributed by atoms with Crippen LogP contribution in [-0.4, -0.2) is 43.6 Å². The van der Waals surface area contributed by atoms with Crippen molar-refractivity contribution in [3.63, 3.8) is 0 Å². The number of aliphatic carboxylic acids is 1. The number of carboxylic acid groups (broad SMARTS) is 1. The monoisotopic (exact) mass is 346 g/mol. The van der Waals surface area contributed by atoms with E-state index in [1.807, 2.05) is 12.1 Å². The average molecular weight is 346 g/mol. The second-order valence-corrected chi connectivity index (χ2v) is 7.06. The zero-order chi connectivity index (χ0) is 16.4. The molecule has 0 spiro atoms. The van der Waals surface area contributed by atoms with E-state index in [0.717, 1.165) is 17.7 Å². The van der Waals surface area contributed by atoms with E-state index in [0.29, 0.717) is 24.6 Å². The fourth-order valence-corrected chi connectivity index (χ4v) is 4.28. The molecular weight excluding hydrogens is 324 g/mol. The third-order valence-electron chi connectivity index (χ3n) is 2.72. The lowest BCUT2D eigenvalue weighted by atomic mass is 10.1. The van der Waals surface area contributed by atoms with Crippen LogP contribution < -0.4 is 20.9 Å². The molecular formula is C14H22N2O4S2. The fourth-order valence-electron chi connectivity index (χ4n) is 1.74. The van der Waals surface area contributed by atoms with Crippen LogP contribution in [0.3, 0.4) is 0 Å². The third kappa shape index (κ3) is 6.35. The van der Waals surface area contributed by atoms with Gasteiger partial charge in [-0.25, -0.2) is 4.79 Å². The summed E-state index contributed by atoms with van der Waals surface area (Å²) in [5, 5.41) is 8.90. The van der Waals surface area contributed by atoms with Gasteiger partial charge in [-0.05, 0) is 30.7 Å². The van der Waals surface area contributed by atoms with Crippen molar-refractivity contribution in [2.75, 3.05) is 32.6 Å². The van der Waals surface area contributed by atoms with Crippen LogP contribution in [0.2, 0.25) is 0 Å². The van der Waals surface area contributed by atoms with Crippen LogP contribution in [0.1, 0.15) is 17.2 Å². The average Bonchev–Trinajstić information content (AvgIpc) is 2.52. The SMILES string of the molecule is COc1cc(C(CCN)SSCCN)ccc1OCC(=O)O. The lowest BCUT2D eigenvalue weighted by Crippen LogP contribution is -2.10. The lowest BCUT2D eigenvalue weighted by Gasteiger charge is -2.17. The van der Waals surface area contributed by atoms with Crippen LogP contribution in [0, 0.1) is 0 Å². The number of benzene rings is 1. The summed E-state index contributed by atoms with van der Waals surface area (Å²) in [4.78, 5) is 10.6. The molecule has 0 heterocycles. The fraction of sp³-hybridized carbons (Fsp3) is 0.500. The molecule has 1 unspecified atom stereocenters. The molecule has 0 bridgehead atoms. The molecule has 0 fully saturated rings. The Morgan fingerprint density at radius 1 is 1.32 bits per heavy atom. The molecule has 6 nitrogen and oxygen atoms in total. The van der Waals surface area contributed by atoms with Gasteiger partial charge >= 0.3 is 5.97 Å². The number of hydrogen-bond acceptors (Lipinski definition) is 7. The summed E-state index contributed by atoms with van der Waals surface area (Å²) in [6, 6.07) is 5.51. The van der Waals surface area contributed by atoms with Crippen LogP contribution in [0.4, 0.5) is 0 Å². The van der Waals surface area contributed by atoms with Crippen LogP contribution in [0.25, 0.3) is 0 Å². The van der Waals surface area contributed by atoms with Gasteiger partial charge in [0.25, 0.3) is 0 Å². The van der Waals surface area contributed by atoms with Gasteiger partial charge in [0.15, 0.2) is 18.1 Å². The Morgan fingerprint density at radius 2 is 2.09 bits per heavy atom. The number of carbonyl (C=O) groups is 1. The number of ether oxygens (including phenoxy) is 2. The highest BCUT2D eigenvalue weighted by molar-refractivity contribution is 8.76. The van der Waals surface area contributed by atoms with E-state index in [2.05, 4.69) is 0 Å². The second-order valence-electron chi connectivity index (χ2n) is 4.37. The van der Waals surface area contributed by atoms with Crippen molar-refractivity contribution in [3.8, 4) is 11.5 Å². The Balaban J connectivity index is 2.85. The summed E-state index contributed by atoms with van der Waals surface area (Å²) in [6.07, 6.45) is 0.834. The number of nitrogens with two attached hydrogens (primary N) is 2. The first-order chi connectivity index (χ1) is 10.6. The summed E-state index contributed by atoms with van der Waals surface area (Å²) in [5.74, 6) is 0.786. The van der Waals surface area contributed by atoms with E-state index in [1.165, 1.54) is 7.11 Å². The highest BCUT2D eigenvalue weighted by atomic mass is 33.1. The molecule has 0 aliphatic rings. The Kier molecular flexibility index (Phi) is 9.14. The highest BCUT2D eigenvalue weighted by Crippen LogP contribution is 2.42. The molecule has 0 aliphatic heterocycles. The van der Waals surface area contributed by atoms with Gasteiger partial charge in [-0.1, -0.05) is 27.7 Å². The molecule has 0 saturated carbocycles. The minimum atomic E-state index is -1.03. The van der Waals surface area contributed by atoms with Gasteiger partial charge in [-0.3, -0.25) is 0 Å². The van der Waals surface area contributed by atoms with E-state index >= 15 is 0 Å². The first-order valence-electron chi connectivity index (χ1n) is 6.83. The molecule has 0 saturated heterocycles. The maximum Gasteiger partial charge on any atom is 0.341 e. The quantitative estimate of drug-likeness (QED) is 0.412. The molecule has 124 valence electrons. The molecule has 0 amide bonds. The maximum absolute atomic E-state index is 10.6. The molecule has 5 N–H and O–H groups in total. The normalized spacial score (nSPS) is 12.0. The summed E-state index contributed by atoms with van der Waals surface area (Å²) in [6.45, 7) is 0.821. The topological polar surface area (TPSA) is 108 Å². The molecule has 1 atom stereocenters. The van der Waals surface area contributed by atoms with Crippen LogP contribution in [0.5, 0.6) is 11.5 Å². The van der Waals surface area contributed by atoms with Crippen molar-refractivity contribution in [3.05, 3.63) is 23.8 Å². The molecule has 1 aromatic carbocycles. The molecule has 0 radical (unpaired) electrons. The number of methoxy groups -OCH3 is 1. The molecule has 22 heavy (non-hydrogen) atoms. The largest absolute Gasteiger partial charge is 0.493 e. The van der Waals surface area contributed by atoms with Gasteiger partial charge in [0.2, 0.25) is 0 Å². The minimum Gasteiger partial charge on any atom is -0.493 e. The summed E-state index contributed by atoms with van der Waals surface area (Å²) >= 11 is 0. The van der Waals surface area contributed by atoms with E-state index in [-0.39, 0.29) is 5.25 Å². The smallest absolute Gasteiger partial charge is 0.341 e. The third-order valence-corrected chi connectivity index (χ3v) is 5.61. The molecule has 0 aliphatic carbocycles. The van der Waals surface area contributed by atoms with Crippen LogP contribution in [-0.2, 0) is 4.79 Å². The zero-order valence-electron chi connectivity index (χ0n) is 12.5. The summed E-state index contributed by atoms with van der Waals surface area (Å²) in [5.41, 5.74) is 12.3. The second kappa shape index (κ2) is 10.6. The standard InChI is InChI=1S/C14H22N2O4S2/c1-19-12-8-10(2-3-11(12)20-9-14(17)18)13(4-5-15)22-21-7-6-16/h2-3,8,13H,4-7,9,15-16H2,1H3,(H,17,18). The predicted molar refractivity (Wildman–Crippen MR) is 91.6 cm³/mol. The van der Waals surface area contributed by atoms with Gasteiger partial charge in [0.1, 0.15) is 0 Å². The predicted octanol–water partition coefficient (Wildman–Crippen LogP) is 1.89. The van der Waals surface area contributed by atoms with Gasteiger partial charge < -0.3 is 26.0 Å². The van der Waals surface area contributed by atoms with Crippen molar-refractivity contribution < 1.29 is 19.4 Å². The Hall–Kier alpha value is -1.09. The van der Waals surface area contributed by atoms with Crippen molar-refractivity contribution in [1.82, 2.24) is 0 Å². The van der Waals surface area contributed by atoms with Crippen LogP contribution >= 0.6 is 21.6 Å². The zero-order valence-corrected chi connectivity index (χ0v) is 14.1. The van der Waals surface area contributed by atoms with E-state index < -0.39 is 12.6 Å². The summed E-state index contributed by atoms with van der Waals surface area (Å²) < 4.78 is 10.5. The number of carboxylic acids is 1. The van der Waals surface area contributed by atoms with E-state index in [9.17, 15) is 4.79 Å². The minimum absolute atomic E-state index is 0.226. The Labute approximate surface area is 138 Å².